The van der Waals surface area contributed by atoms with E-state index < -0.39 is 0 Å². The van der Waals surface area contributed by atoms with Crippen LogP contribution in [0.2, 0.25) is 0 Å². The number of para-hydroxylation sites is 2. The van der Waals surface area contributed by atoms with Crippen LogP contribution in [-0.2, 0) is 12.8 Å². The maximum absolute atomic E-state index is 9.83. The molecule has 1 N–H and O–H groups in total. The fraction of sp³-hybridized carbons (Fsp3) is 0.176. The average Bonchev–Trinajstić information content (AvgIpc) is 2.95. The Hall–Kier alpha value is -2.62. The number of phenolic OH excluding ortho intramolecular Hbond substituents is 1. The molecule has 0 spiro atoms. The molecule has 0 aliphatic heterocycles. The smallest absolute Gasteiger partial charge is 0.137 e. The monoisotopic (exact) mass is 279 g/mol. The Kier molecular flexibility index (Phi) is 3.69. The molecule has 106 valence electrons. The molecule has 4 heteroatoms. The second-order valence-electron chi connectivity index (χ2n) is 5.03. The molecule has 0 aliphatic carbocycles. The molecule has 0 aliphatic rings. The SMILES string of the molecule is Cc1ccccc1-n1cnnc1CCc1ccccc1O. The molecule has 21 heavy (non-hydrogen) atoms. The molecule has 1 heterocycles. The predicted molar refractivity (Wildman–Crippen MR) is 81.6 cm³/mol. The summed E-state index contributed by atoms with van der Waals surface area (Å²) in [5.74, 6) is 1.23. The zero-order chi connectivity index (χ0) is 14.7. The summed E-state index contributed by atoms with van der Waals surface area (Å²) in [7, 11) is 0. The standard InChI is InChI=1S/C17H17N3O/c1-13-6-2-4-8-15(13)20-12-18-19-17(20)11-10-14-7-3-5-9-16(14)21/h2-9,12,21H,10-11H2,1H3. The molecular formula is C17H17N3O. The van der Waals surface area contributed by atoms with Gasteiger partial charge in [-0.25, -0.2) is 0 Å². The Morgan fingerprint density at radius 2 is 1.76 bits per heavy atom. The topological polar surface area (TPSA) is 50.9 Å². The lowest BCUT2D eigenvalue weighted by molar-refractivity contribution is 0.467. The van der Waals surface area contributed by atoms with Gasteiger partial charge in [-0.05, 0) is 36.6 Å². The molecule has 0 radical (unpaired) electrons. The van der Waals surface area contributed by atoms with Crippen LogP contribution in [-0.4, -0.2) is 19.9 Å². The first kappa shape index (κ1) is 13.4. The molecule has 3 rings (SSSR count). The molecule has 0 bridgehead atoms. The van der Waals surface area contributed by atoms with E-state index in [1.807, 2.05) is 34.9 Å². The first-order valence-corrected chi connectivity index (χ1v) is 6.97. The molecular weight excluding hydrogens is 262 g/mol. The van der Waals surface area contributed by atoms with Gasteiger partial charge in [0.15, 0.2) is 0 Å². The Morgan fingerprint density at radius 3 is 2.57 bits per heavy atom. The highest BCUT2D eigenvalue weighted by molar-refractivity contribution is 5.40. The summed E-state index contributed by atoms with van der Waals surface area (Å²) in [6, 6.07) is 15.6. The molecule has 0 saturated heterocycles. The van der Waals surface area contributed by atoms with Crippen LogP contribution in [0, 0.1) is 6.92 Å². The summed E-state index contributed by atoms with van der Waals surface area (Å²) in [6.45, 7) is 2.07. The molecule has 4 nitrogen and oxygen atoms in total. The summed E-state index contributed by atoms with van der Waals surface area (Å²) in [4.78, 5) is 0. The zero-order valence-corrected chi connectivity index (χ0v) is 11.9. The van der Waals surface area contributed by atoms with Gasteiger partial charge < -0.3 is 5.11 Å². The fourth-order valence-corrected chi connectivity index (χ4v) is 2.43. The van der Waals surface area contributed by atoms with Crippen LogP contribution in [0.4, 0.5) is 0 Å². The van der Waals surface area contributed by atoms with Crippen LogP contribution in [0.25, 0.3) is 5.69 Å². The third kappa shape index (κ3) is 2.79. The van der Waals surface area contributed by atoms with Crippen LogP contribution in [0.3, 0.4) is 0 Å². The number of nitrogens with zero attached hydrogens (tertiary/aromatic N) is 3. The number of phenols is 1. The Morgan fingerprint density at radius 1 is 1.00 bits per heavy atom. The van der Waals surface area contributed by atoms with Gasteiger partial charge in [0, 0.05) is 6.42 Å². The number of benzene rings is 2. The molecule has 0 amide bonds. The summed E-state index contributed by atoms with van der Waals surface area (Å²) in [6.07, 6.45) is 3.20. The van der Waals surface area contributed by atoms with Crippen molar-refractivity contribution in [2.45, 2.75) is 19.8 Å². The van der Waals surface area contributed by atoms with E-state index in [2.05, 4.69) is 29.3 Å². The Bertz CT molecular complexity index is 749. The maximum atomic E-state index is 9.83. The second-order valence-corrected chi connectivity index (χ2v) is 5.03. The van der Waals surface area contributed by atoms with Gasteiger partial charge in [0.25, 0.3) is 0 Å². The maximum Gasteiger partial charge on any atom is 0.137 e. The van der Waals surface area contributed by atoms with Crippen LogP contribution >= 0.6 is 0 Å². The number of aromatic hydroxyl groups is 1. The van der Waals surface area contributed by atoms with E-state index in [1.54, 1.807) is 12.4 Å². The zero-order valence-electron chi connectivity index (χ0n) is 11.9. The van der Waals surface area contributed by atoms with Crippen molar-refractivity contribution in [1.29, 1.82) is 0 Å². The van der Waals surface area contributed by atoms with Crippen LogP contribution in [0.15, 0.2) is 54.9 Å². The van der Waals surface area contributed by atoms with Gasteiger partial charge in [0.2, 0.25) is 0 Å². The van der Waals surface area contributed by atoms with Crippen LogP contribution in [0.5, 0.6) is 5.75 Å². The van der Waals surface area contributed by atoms with Crippen molar-refractivity contribution in [2.24, 2.45) is 0 Å². The van der Waals surface area contributed by atoms with Gasteiger partial charge in [0.05, 0.1) is 5.69 Å². The van der Waals surface area contributed by atoms with Gasteiger partial charge in [0.1, 0.15) is 17.9 Å². The van der Waals surface area contributed by atoms with E-state index >= 15 is 0 Å². The van der Waals surface area contributed by atoms with Gasteiger partial charge in [-0.1, -0.05) is 36.4 Å². The highest BCUT2D eigenvalue weighted by Gasteiger charge is 2.09. The van der Waals surface area contributed by atoms with Gasteiger partial charge in [-0.2, -0.15) is 0 Å². The van der Waals surface area contributed by atoms with Gasteiger partial charge >= 0.3 is 0 Å². The summed E-state index contributed by atoms with van der Waals surface area (Å²) in [5.41, 5.74) is 3.20. The minimum Gasteiger partial charge on any atom is -0.508 e. The largest absolute Gasteiger partial charge is 0.508 e. The van der Waals surface area contributed by atoms with Crippen molar-refractivity contribution >= 4 is 0 Å². The molecule has 0 saturated carbocycles. The van der Waals surface area contributed by atoms with Gasteiger partial charge in [-0.15, -0.1) is 10.2 Å². The van der Waals surface area contributed by atoms with Crippen molar-refractivity contribution in [3.05, 3.63) is 71.8 Å². The third-order valence-electron chi connectivity index (χ3n) is 3.60. The highest BCUT2D eigenvalue weighted by Crippen LogP contribution is 2.19. The van der Waals surface area contributed by atoms with E-state index in [0.29, 0.717) is 5.75 Å². The number of aromatic nitrogens is 3. The molecule has 3 aromatic rings. The number of aryl methyl sites for hydroxylation is 3. The van der Waals surface area contributed by atoms with E-state index in [1.165, 1.54) is 5.56 Å². The minimum atomic E-state index is 0.333. The first-order valence-electron chi connectivity index (χ1n) is 6.97. The number of hydrogen-bond donors (Lipinski definition) is 1. The molecule has 0 fully saturated rings. The molecule has 0 atom stereocenters. The van der Waals surface area contributed by atoms with Crippen molar-refractivity contribution in [1.82, 2.24) is 14.8 Å². The molecule has 2 aromatic carbocycles. The van der Waals surface area contributed by atoms with Crippen LogP contribution < -0.4 is 0 Å². The molecule has 0 unspecified atom stereocenters. The normalized spacial score (nSPS) is 10.7. The summed E-state index contributed by atoms with van der Waals surface area (Å²) < 4.78 is 2.01. The van der Waals surface area contributed by atoms with Crippen LogP contribution in [0.1, 0.15) is 17.0 Å². The van der Waals surface area contributed by atoms with E-state index in [4.69, 9.17) is 0 Å². The summed E-state index contributed by atoms with van der Waals surface area (Å²) >= 11 is 0. The van der Waals surface area contributed by atoms with Crippen molar-refractivity contribution in [2.75, 3.05) is 0 Å². The predicted octanol–water partition coefficient (Wildman–Crippen LogP) is 3.07. The second kappa shape index (κ2) is 5.79. The fourth-order valence-electron chi connectivity index (χ4n) is 2.43. The van der Waals surface area contributed by atoms with E-state index in [0.717, 1.165) is 29.9 Å². The Balaban J connectivity index is 1.84. The Labute approximate surface area is 123 Å². The number of rotatable bonds is 4. The highest BCUT2D eigenvalue weighted by atomic mass is 16.3. The first-order chi connectivity index (χ1) is 10.3. The lowest BCUT2D eigenvalue weighted by atomic mass is 10.1. The lowest BCUT2D eigenvalue weighted by Crippen LogP contribution is -2.04. The van der Waals surface area contributed by atoms with Crippen molar-refractivity contribution in [3.8, 4) is 11.4 Å². The minimum absolute atomic E-state index is 0.333. The summed E-state index contributed by atoms with van der Waals surface area (Å²) in [5, 5.41) is 18.1. The number of hydrogen-bond acceptors (Lipinski definition) is 3. The third-order valence-corrected chi connectivity index (χ3v) is 3.60. The van der Waals surface area contributed by atoms with Crippen molar-refractivity contribution < 1.29 is 5.11 Å². The average molecular weight is 279 g/mol. The van der Waals surface area contributed by atoms with Crippen molar-refractivity contribution in [3.63, 3.8) is 0 Å². The van der Waals surface area contributed by atoms with E-state index in [-0.39, 0.29) is 0 Å². The molecule has 1 aromatic heterocycles. The lowest BCUT2D eigenvalue weighted by Gasteiger charge is -2.09. The van der Waals surface area contributed by atoms with Gasteiger partial charge in [-0.3, -0.25) is 4.57 Å². The quantitative estimate of drug-likeness (QED) is 0.798. The van der Waals surface area contributed by atoms with E-state index in [9.17, 15) is 5.11 Å².